The summed E-state index contributed by atoms with van der Waals surface area (Å²) in [6, 6.07) is 30.6. The zero-order valence-corrected chi connectivity index (χ0v) is 30.7. The molecule has 6 aromatic rings. The molecule has 4 nitrogen and oxygen atoms in total. The van der Waals surface area contributed by atoms with Crippen molar-refractivity contribution >= 4 is 70.3 Å². The van der Waals surface area contributed by atoms with E-state index >= 15 is 0 Å². The minimum absolute atomic E-state index is 0.433. The van der Waals surface area contributed by atoms with Crippen molar-refractivity contribution in [3.8, 4) is 16.9 Å². The summed E-state index contributed by atoms with van der Waals surface area (Å²) in [6.45, 7) is 8.19. The number of fused-ring (bicyclic) bond motifs is 3. The number of rotatable bonds is 8. The Kier molecular flexibility index (Phi) is 9.35. The third kappa shape index (κ3) is 6.55. The summed E-state index contributed by atoms with van der Waals surface area (Å²) in [5.74, 6) is -0.433. The standard InChI is InChI=1S/C43H36F3NO3S2/c1-5-12-30-23-33(21-19-27(30)2)47(32-14-7-6-8-15-32)40-26-34(50-52(48,49)43(44,45)46)25-39-38-24-31(20-22-41(38)51-42(39)40)36-17-11-18-37(29(36)4)35-16-10-9-13-28(35)3/h5-9,11-15,17-26H,10,16H2,1-4H3/b12-5-. The highest BCUT2D eigenvalue weighted by Crippen LogP contribution is 2.48. The molecule has 1 aromatic heterocycles. The van der Waals surface area contributed by atoms with E-state index in [-0.39, 0.29) is 0 Å². The van der Waals surface area contributed by atoms with Crippen molar-refractivity contribution in [2.45, 2.75) is 46.0 Å². The number of nitrogens with zero attached hydrogens (tertiary/aromatic N) is 1. The fourth-order valence-corrected chi connectivity index (χ4v) is 8.54. The lowest BCUT2D eigenvalue weighted by atomic mass is 9.86. The molecular formula is C43H36F3NO3S2. The van der Waals surface area contributed by atoms with Crippen LogP contribution in [0.1, 0.15) is 48.9 Å². The molecule has 0 atom stereocenters. The minimum Gasteiger partial charge on any atom is -0.376 e. The lowest BCUT2D eigenvalue weighted by Crippen LogP contribution is -2.28. The van der Waals surface area contributed by atoms with Crippen LogP contribution in [-0.2, 0) is 10.1 Å². The van der Waals surface area contributed by atoms with Crippen molar-refractivity contribution < 1.29 is 25.8 Å². The molecule has 5 aromatic carbocycles. The van der Waals surface area contributed by atoms with Crippen LogP contribution in [0.2, 0.25) is 0 Å². The quantitative estimate of drug-likeness (QED) is 0.115. The van der Waals surface area contributed by atoms with Crippen molar-refractivity contribution in [2.75, 3.05) is 4.90 Å². The fraction of sp³-hybridized carbons (Fsp3) is 0.163. The fourth-order valence-electron chi connectivity index (χ4n) is 6.93. The molecule has 0 saturated heterocycles. The zero-order chi connectivity index (χ0) is 36.8. The van der Waals surface area contributed by atoms with Crippen molar-refractivity contribution in [3.05, 3.63) is 143 Å². The van der Waals surface area contributed by atoms with Crippen molar-refractivity contribution in [2.24, 2.45) is 0 Å². The maximum atomic E-state index is 13.7. The lowest BCUT2D eigenvalue weighted by Gasteiger charge is -2.27. The summed E-state index contributed by atoms with van der Waals surface area (Å²) in [6.07, 6.45) is 10.2. The van der Waals surface area contributed by atoms with Gasteiger partial charge in [-0.3, -0.25) is 0 Å². The Morgan fingerprint density at radius 1 is 0.827 bits per heavy atom. The van der Waals surface area contributed by atoms with Crippen LogP contribution >= 0.6 is 11.3 Å². The van der Waals surface area contributed by atoms with Gasteiger partial charge in [0.1, 0.15) is 5.75 Å². The molecular weight excluding hydrogens is 700 g/mol. The topological polar surface area (TPSA) is 46.6 Å². The van der Waals surface area contributed by atoms with Crippen molar-refractivity contribution in [3.63, 3.8) is 0 Å². The number of allylic oxidation sites excluding steroid dienone is 5. The predicted octanol–water partition coefficient (Wildman–Crippen LogP) is 13.2. The Morgan fingerprint density at radius 2 is 1.60 bits per heavy atom. The number of anilines is 3. The van der Waals surface area contributed by atoms with Gasteiger partial charge in [-0.25, -0.2) is 0 Å². The second kappa shape index (κ2) is 13.8. The van der Waals surface area contributed by atoms with Crippen molar-refractivity contribution in [1.82, 2.24) is 0 Å². The normalized spacial score (nSPS) is 13.8. The largest absolute Gasteiger partial charge is 0.534 e. The number of thiophene rings is 1. The van der Waals surface area contributed by atoms with Gasteiger partial charge in [0.05, 0.1) is 10.4 Å². The first kappa shape index (κ1) is 35.3. The summed E-state index contributed by atoms with van der Waals surface area (Å²) in [4.78, 5) is 1.93. The number of alkyl halides is 3. The Balaban J connectivity index is 1.49. The van der Waals surface area contributed by atoms with Gasteiger partial charge in [-0.05, 0) is 128 Å². The first-order valence-corrected chi connectivity index (χ1v) is 19.1. The highest BCUT2D eigenvalue weighted by molar-refractivity contribution is 7.88. The number of aryl methyl sites for hydroxylation is 1. The molecule has 0 bridgehead atoms. The number of benzene rings is 5. The first-order valence-electron chi connectivity index (χ1n) is 16.9. The number of hydrogen-bond donors (Lipinski definition) is 0. The smallest absolute Gasteiger partial charge is 0.376 e. The Labute approximate surface area is 305 Å². The molecule has 0 amide bonds. The maximum Gasteiger partial charge on any atom is 0.534 e. The van der Waals surface area contributed by atoms with E-state index in [9.17, 15) is 21.6 Å². The minimum atomic E-state index is -5.96. The highest BCUT2D eigenvalue weighted by Gasteiger charge is 2.48. The molecule has 7 rings (SSSR count). The van der Waals surface area contributed by atoms with Crippen LogP contribution in [0.4, 0.5) is 30.2 Å². The number of halogens is 3. The third-order valence-electron chi connectivity index (χ3n) is 9.51. The molecule has 1 heterocycles. The summed E-state index contributed by atoms with van der Waals surface area (Å²) >= 11 is 1.49. The van der Waals surface area contributed by atoms with Gasteiger partial charge in [-0.2, -0.15) is 21.6 Å². The van der Waals surface area contributed by atoms with E-state index in [1.807, 2.05) is 91.6 Å². The van der Waals surface area contributed by atoms with Gasteiger partial charge >= 0.3 is 15.6 Å². The molecule has 1 aliphatic carbocycles. The van der Waals surface area contributed by atoms with Crippen LogP contribution < -0.4 is 9.08 Å². The van der Waals surface area contributed by atoms with Gasteiger partial charge < -0.3 is 9.08 Å². The summed E-state index contributed by atoms with van der Waals surface area (Å²) in [7, 11) is -5.96. The molecule has 0 N–H and O–H groups in total. The summed E-state index contributed by atoms with van der Waals surface area (Å²) < 4.78 is 72.5. The van der Waals surface area contributed by atoms with Crippen LogP contribution in [0.15, 0.2) is 121 Å². The second-order valence-electron chi connectivity index (χ2n) is 12.9. The molecule has 9 heteroatoms. The zero-order valence-electron chi connectivity index (χ0n) is 29.1. The second-order valence-corrected chi connectivity index (χ2v) is 15.5. The van der Waals surface area contributed by atoms with E-state index in [2.05, 4.69) is 50.3 Å². The predicted molar refractivity (Wildman–Crippen MR) is 210 cm³/mol. The lowest BCUT2D eigenvalue weighted by molar-refractivity contribution is -0.0500. The van der Waals surface area contributed by atoms with Crippen LogP contribution in [0, 0.1) is 13.8 Å². The van der Waals surface area contributed by atoms with E-state index in [0.717, 1.165) is 66.8 Å². The maximum absolute atomic E-state index is 13.7. The van der Waals surface area contributed by atoms with E-state index in [1.54, 1.807) is 0 Å². The van der Waals surface area contributed by atoms with E-state index in [1.165, 1.54) is 40.2 Å². The number of hydrogen-bond acceptors (Lipinski definition) is 5. The number of para-hydroxylation sites is 1. The molecule has 0 saturated carbocycles. The van der Waals surface area contributed by atoms with Gasteiger partial charge in [0.25, 0.3) is 0 Å². The van der Waals surface area contributed by atoms with E-state index < -0.39 is 21.4 Å². The van der Waals surface area contributed by atoms with Gasteiger partial charge in [0, 0.05) is 32.9 Å². The van der Waals surface area contributed by atoms with Crippen LogP contribution in [0.5, 0.6) is 5.75 Å². The molecule has 1 aliphatic rings. The van der Waals surface area contributed by atoms with Crippen molar-refractivity contribution in [1.29, 1.82) is 0 Å². The summed E-state index contributed by atoms with van der Waals surface area (Å²) in [5.41, 5.74) is 5.27. The average Bonchev–Trinajstić information content (AvgIpc) is 3.48. The van der Waals surface area contributed by atoms with Gasteiger partial charge in [-0.1, -0.05) is 72.8 Å². The van der Waals surface area contributed by atoms with Crippen LogP contribution in [0.25, 0.3) is 42.9 Å². The molecule has 0 aliphatic heterocycles. The van der Waals surface area contributed by atoms with Crippen LogP contribution in [0.3, 0.4) is 0 Å². The highest BCUT2D eigenvalue weighted by atomic mass is 32.2. The SMILES string of the molecule is C/C=C\c1cc(N(c2ccccc2)c2cc(OS(=O)(=O)C(F)(F)F)cc3c2sc2ccc(-c4cccc(C5=C(C)C=CCC5)c4C)cc23)ccc1C. The van der Waals surface area contributed by atoms with E-state index in [0.29, 0.717) is 11.1 Å². The molecule has 0 spiro atoms. The summed E-state index contributed by atoms with van der Waals surface area (Å²) in [5, 5.41) is 1.36. The molecule has 0 unspecified atom stereocenters. The molecule has 52 heavy (non-hydrogen) atoms. The molecule has 0 fully saturated rings. The van der Waals surface area contributed by atoms with Gasteiger partial charge in [-0.15, -0.1) is 11.3 Å². The third-order valence-corrected chi connectivity index (χ3v) is 11.7. The Bertz CT molecular complexity index is 2550. The van der Waals surface area contributed by atoms with Gasteiger partial charge in [0.2, 0.25) is 0 Å². The van der Waals surface area contributed by atoms with Crippen LogP contribution in [-0.4, -0.2) is 13.9 Å². The average molecular weight is 736 g/mol. The van der Waals surface area contributed by atoms with Gasteiger partial charge in [0.15, 0.2) is 0 Å². The Hall–Kier alpha value is -5.12. The van der Waals surface area contributed by atoms with E-state index in [4.69, 9.17) is 4.18 Å². The Morgan fingerprint density at radius 3 is 2.33 bits per heavy atom. The molecule has 264 valence electrons. The first-order chi connectivity index (χ1) is 24.9. The molecule has 0 radical (unpaired) electrons. The monoisotopic (exact) mass is 735 g/mol.